The molecule has 0 aromatic heterocycles. The van der Waals surface area contributed by atoms with Crippen LogP contribution in [0.15, 0.2) is 66.2 Å². The molecule has 0 aliphatic carbocycles. The summed E-state index contributed by atoms with van der Waals surface area (Å²) < 4.78 is 13.0. The fourth-order valence-corrected chi connectivity index (χ4v) is 3.83. The number of nitrogens with zero attached hydrogens (tertiary/aromatic N) is 2. The van der Waals surface area contributed by atoms with Crippen molar-refractivity contribution >= 4 is 40.1 Å². The van der Waals surface area contributed by atoms with Crippen LogP contribution in [0.3, 0.4) is 0 Å². The Morgan fingerprint density at radius 1 is 1.25 bits per heavy atom. The van der Waals surface area contributed by atoms with Gasteiger partial charge in [-0.1, -0.05) is 35.5 Å². The van der Waals surface area contributed by atoms with Crippen molar-refractivity contribution in [2.24, 2.45) is 4.99 Å². The molecule has 28 heavy (non-hydrogen) atoms. The van der Waals surface area contributed by atoms with Gasteiger partial charge in [-0.2, -0.15) is 0 Å². The van der Waals surface area contributed by atoms with Gasteiger partial charge in [0.25, 0.3) is 0 Å². The molecule has 0 spiro atoms. The molecule has 0 unspecified atom stereocenters. The number of carbonyl (C=O) groups excluding carboxylic acids is 2. The summed E-state index contributed by atoms with van der Waals surface area (Å²) in [5.41, 5.74) is 2.35. The van der Waals surface area contributed by atoms with Crippen molar-refractivity contribution < 1.29 is 14.0 Å². The Morgan fingerprint density at radius 3 is 2.57 bits per heavy atom. The van der Waals surface area contributed by atoms with E-state index in [1.807, 2.05) is 31.2 Å². The maximum atomic E-state index is 13.0. The zero-order valence-corrected chi connectivity index (χ0v) is 16.2. The number of hydrogen-bond acceptors (Lipinski definition) is 4. The van der Waals surface area contributed by atoms with E-state index in [-0.39, 0.29) is 24.1 Å². The average molecular weight is 397 g/mol. The van der Waals surface area contributed by atoms with Crippen molar-refractivity contribution in [3.63, 3.8) is 0 Å². The molecule has 2 aromatic carbocycles. The minimum absolute atomic E-state index is 0.00143. The first kappa shape index (κ1) is 19.8. The number of amidine groups is 1. The highest BCUT2D eigenvalue weighted by molar-refractivity contribution is 8.15. The standard InChI is InChI=1S/C21H20FN3O2S/c1-3-12-25-20(27)18(13-19(26)23-16-10-6-15(22)7-11-16)28-21(25)24-17-8-4-14(2)5-9-17/h3-11,18H,1,12-13H2,2H3,(H,23,26)/t18-/m1/s1. The second-order valence-corrected chi connectivity index (χ2v) is 7.50. The molecule has 5 nitrogen and oxygen atoms in total. The molecular formula is C21H20FN3O2S. The van der Waals surface area contributed by atoms with E-state index in [2.05, 4.69) is 16.9 Å². The summed E-state index contributed by atoms with van der Waals surface area (Å²) in [6, 6.07) is 13.2. The zero-order chi connectivity index (χ0) is 20.1. The van der Waals surface area contributed by atoms with Crippen LogP contribution in [-0.2, 0) is 9.59 Å². The van der Waals surface area contributed by atoms with Crippen LogP contribution in [0.2, 0.25) is 0 Å². The minimum Gasteiger partial charge on any atom is -0.326 e. The molecule has 1 N–H and O–H groups in total. The summed E-state index contributed by atoms with van der Waals surface area (Å²) in [6.45, 7) is 6.01. The van der Waals surface area contributed by atoms with Crippen molar-refractivity contribution in [3.8, 4) is 0 Å². The number of benzene rings is 2. The fraction of sp³-hybridized carbons (Fsp3) is 0.190. The molecule has 0 bridgehead atoms. The SMILES string of the molecule is C=CCN1C(=O)[C@@H](CC(=O)Nc2ccc(F)cc2)SC1=Nc1ccc(C)cc1. The topological polar surface area (TPSA) is 61.8 Å². The Bertz CT molecular complexity index is 910. The molecule has 7 heteroatoms. The van der Waals surface area contributed by atoms with E-state index in [1.165, 1.54) is 40.9 Å². The lowest BCUT2D eigenvalue weighted by atomic mass is 10.2. The zero-order valence-electron chi connectivity index (χ0n) is 15.4. The number of rotatable bonds is 6. The summed E-state index contributed by atoms with van der Waals surface area (Å²) in [6.07, 6.45) is 1.63. The van der Waals surface area contributed by atoms with E-state index in [1.54, 1.807) is 6.08 Å². The van der Waals surface area contributed by atoms with Gasteiger partial charge < -0.3 is 5.32 Å². The number of aryl methyl sites for hydroxylation is 1. The highest BCUT2D eigenvalue weighted by Gasteiger charge is 2.38. The van der Waals surface area contributed by atoms with Gasteiger partial charge in [-0.25, -0.2) is 9.38 Å². The van der Waals surface area contributed by atoms with Crippen LogP contribution in [0.5, 0.6) is 0 Å². The van der Waals surface area contributed by atoms with E-state index in [4.69, 9.17) is 0 Å². The van der Waals surface area contributed by atoms with Crippen LogP contribution in [0.1, 0.15) is 12.0 Å². The Balaban J connectivity index is 1.72. The Hall–Kier alpha value is -2.93. The molecule has 2 aromatic rings. The summed E-state index contributed by atoms with van der Waals surface area (Å²) >= 11 is 1.26. The third-order valence-electron chi connectivity index (χ3n) is 4.09. The first-order valence-electron chi connectivity index (χ1n) is 8.76. The summed E-state index contributed by atoms with van der Waals surface area (Å²) in [5, 5.41) is 2.67. The Labute approximate surface area is 167 Å². The molecule has 1 fully saturated rings. The van der Waals surface area contributed by atoms with Gasteiger partial charge in [-0.05, 0) is 43.3 Å². The highest BCUT2D eigenvalue weighted by Crippen LogP contribution is 2.31. The van der Waals surface area contributed by atoms with Gasteiger partial charge in [0.2, 0.25) is 11.8 Å². The van der Waals surface area contributed by atoms with E-state index in [0.29, 0.717) is 17.4 Å². The van der Waals surface area contributed by atoms with Crippen LogP contribution >= 0.6 is 11.8 Å². The first-order valence-corrected chi connectivity index (χ1v) is 9.64. The lowest BCUT2D eigenvalue weighted by molar-refractivity contribution is -0.127. The van der Waals surface area contributed by atoms with Gasteiger partial charge in [-0.15, -0.1) is 6.58 Å². The quantitative estimate of drug-likeness (QED) is 0.740. The number of aliphatic imine (C=N–C) groups is 1. The van der Waals surface area contributed by atoms with Crippen molar-refractivity contribution in [1.29, 1.82) is 0 Å². The smallest absolute Gasteiger partial charge is 0.242 e. The molecule has 1 heterocycles. The largest absolute Gasteiger partial charge is 0.326 e. The molecule has 1 aliphatic heterocycles. The number of amides is 2. The van der Waals surface area contributed by atoms with Gasteiger partial charge in [0.05, 0.1) is 5.69 Å². The molecule has 0 saturated carbocycles. The van der Waals surface area contributed by atoms with E-state index in [0.717, 1.165) is 11.3 Å². The third kappa shape index (κ3) is 4.86. The first-order chi connectivity index (χ1) is 13.5. The molecule has 144 valence electrons. The fourth-order valence-electron chi connectivity index (χ4n) is 2.67. The molecule has 1 aliphatic rings. The number of halogens is 1. The monoisotopic (exact) mass is 397 g/mol. The second kappa shape index (κ2) is 8.84. The maximum absolute atomic E-state index is 13.0. The van der Waals surface area contributed by atoms with Gasteiger partial charge in [0.1, 0.15) is 11.1 Å². The van der Waals surface area contributed by atoms with Crippen molar-refractivity contribution in [3.05, 3.63) is 72.6 Å². The van der Waals surface area contributed by atoms with Crippen LogP contribution < -0.4 is 5.32 Å². The number of anilines is 1. The minimum atomic E-state index is -0.565. The van der Waals surface area contributed by atoms with Crippen LogP contribution in [0.25, 0.3) is 0 Å². The van der Waals surface area contributed by atoms with Crippen LogP contribution in [0.4, 0.5) is 15.8 Å². The normalized spacial score (nSPS) is 17.8. The molecule has 1 atom stereocenters. The predicted octanol–water partition coefficient (Wildman–Crippen LogP) is 4.28. The lowest BCUT2D eigenvalue weighted by Crippen LogP contribution is -2.33. The Morgan fingerprint density at radius 2 is 1.93 bits per heavy atom. The number of carbonyl (C=O) groups is 2. The van der Waals surface area contributed by atoms with Crippen molar-refractivity contribution in [2.75, 3.05) is 11.9 Å². The van der Waals surface area contributed by atoms with Crippen molar-refractivity contribution in [1.82, 2.24) is 4.90 Å². The maximum Gasteiger partial charge on any atom is 0.242 e. The predicted molar refractivity (Wildman–Crippen MR) is 111 cm³/mol. The number of thioether (sulfide) groups is 1. The molecule has 3 rings (SSSR count). The van der Waals surface area contributed by atoms with Crippen LogP contribution in [-0.4, -0.2) is 33.7 Å². The van der Waals surface area contributed by atoms with E-state index in [9.17, 15) is 14.0 Å². The van der Waals surface area contributed by atoms with Gasteiger partial charge in [0, 0.05) is 18.7 Å². The molecular weight excluding hydrogens is 377 g/mol. The Kier molecular flexibility index (Phi) is 6.26. The van der Waals surface area contributed by atoms with Crippen LogP contribution in [0, 0.1) is 12.7 Å². The summed E-state index contributed by atoms with van der Waals surface area (Å²) in [4.78, 5) is 31.1. The summed E-state index contributed by atoms with van der Waals surface area (Å²) in [5.74, 6) is -0.867. The number of hydrogen-bond donors (Lipinski definition) is 1. The van der Waals surface area contributed by atoms with Gasteiger partial charge >= 0.3 is 0 Å². The third-order valence-corrected chi connectivity index (χ3v) is 5.26. The van der Waals surface area contributed by atoms with Gasteiger partial charge in [0.15, 0.2) is 5.17 Å². The van der Waals surface area contributed by atoms with Crippen molar-refractivity contribution in [2.45, 2.75) is 18.6 Å². The van der Waals surface area contributed by atoms with E-state index < -0.39 is 5.25 Å². The van der Waals surface area contributed by atoms with Gasteiger partial charge in [-0.3, -0.25) is 14.5 Å². The highest BCUT2D eigenvalue weighted by atomic mass is 32.2. The molecule has 0 radical (unpaired) electrons. The second-order valence-electron chi connectivity index (χ2n) is 6.33. The summed E-state index contributed by atoms with van der Waals surface area (Å²) in [7, 11) is 0. The van der Waals surface area contributed by atoms with E-state index >= 15 is 0 Å². The number of nitrogens with one attached hydrogen (secondary N) is 1. The lowest BCUT2D eigenvalue weighted by Gasteiger charge is -2.13. The average Bonchev–Trinajstić information content (AvgIpc) is 2.94. The molecule has 1 saturated heterocycles. The molecule has 2 amide bonds.